The molecule has 2 aromatic heterocycles. The van der Waals surface area contributed by atoms with Crippen LogP contribution in [0.4, 0.5) is 0 Å². The Bertz CT molecular complexity index is 1420. The number of carbonyl (C=O) groups is 1. The molecule has 2 aliphatic heterocycles. The number of hydrogen-bond acceptors (Lipinski definition) is 5. The van der Waals surface area contributed by atoms with E-state index < -0.39 is 6.04 Å². The summed E-state index contributed by atoms with van der Waals surface area (Å²) in [6.45, 7) is 0.330. The van der Waals surface area contributed by atoms with Gasteiger partial charge in [0.2, 0.25) is 6.79 Å². The molecule has 8 heteroatoms. The molecule has 1 unspecified atom stereocenters. The van der Waals surface area contributed by atoms with E-state index in [9.17, 15) is 9.59 Å². The Balaban J connectivity index is 1.55. The molecular formula is C23H15BrN2O5. The van der Waals surface area contributed by atoms with Crippen molar-refractivity contribution in [3.8, 4) is 11.5 Å². The van der Waals surface area contributed by atoms with Gasteiger partial charge < -0.3 is 23.8 Å². The molecule has 4 aromatic rings. The summed E-state index contributed by atoms with van der Waals surface area (Å²) < 4.78 is 17.0. The van der Waals surface area contributed by atoms with Crippen molar-refractivity contribution in [2.75, 3.05) is 6.79 Å². The summed E-state index contributed by atoms with van der Waals surface area (Å²) in [7, 11) is 0. The van der Waals surface area contributed by atoms with Crippen LogP contribution < -0.4 is 14.9 Å². The fourth-order valence-corrected chi connectivity index (χ4v) is 4.60. The summed E-state index contributed by atoms with van der Waals surface area (Å²) in [6.07, 6.45) is 0. The molecule has 4 heterocycles. The highest BCUT2D eigenvalue weighted by Gasteiger charge is 2.39. The van der Waals surface area contributed by atoms with E-state index in [1.165, 1.54) is 0 Å². The molecular weight excluding hydrogens is 464 g/mol. The van der Waals surface area contributed by atoms with Gasteiger partial charge in [0.05, 0.1) is 18.3 Å². The Kier molecular flexibility index (Phi) is 3.97. The molecule has 0 fully saturated rings. The van der Waals surface area contributed by atoms with Crippen LogP contribution in [0.3, 0.4) is 0 Å². The fraction of sp³-hybridized carbons (Fsp3) is 0.130. The van der Waals surface area contributed by atoms with Gasteiger partial charge in [-0.25, -0.2) is 0 Å². The van der Waals surface area contributed by atoms with Crippen molar-refractivity contribution in [2.45, 2.75) is 12.6 Å². The monoisotopic (exact) mass is 478 g/mol. The van der Waals surface area contributed by atoms with Gasteiger partial charge in [-0.3, -0.25) is 9.59 Å². The number of ether oxygens (including phenoxy) is 2. The molecule has 0 bridgehead atoms. The van der Waals surface area contributed by atoms with Crippen LogP contribution in [0.15, 0.2) is 68.5 Å². The highest BCUT2D eigenvalue weighted by molar-refractivity contribution is 9.10. The van der Waals surface area contributed by atoms with Crippen molar-refractivity contribution >= 4 is 32.7 Å². The van der Waals surface area contributed by atoms with Crippen LogP contribution in [-0.2, 0) is 6.54 Å². The molecule has 0 spiro atoms. The SMILES string of the molecule is O=C(c1ccc(Br)o1)N1Cc2c([nH]c3ccccc3c2=O)C1c1ccc2c(c1)OCO2. The van der Waals surface area contributed by atoms with Crippen LogP contribution in [0.2, 0.25) is 0 Å². The third-order valence-corrected chi connectivity index (χ3v) is 6.14. The van der Waals surface area contributed by atoms with Gasteiger partial charge in [0.25, 0.3) is 5.91 Å². The molecule has 0 aliphatic carbocycles. The maximum Gasteiger partial charge on any atom is 0.290 e. The van der Waals surface area contributed by atoms with Crippen molar-refractivity contribution in [1.29, 1.82) is 0 Å². The van der Waals surface area contributed by atoms with Gasteiger partial charge in [-0.2, -0.15) is 0 Å². The number of para-hydroxylation sites is 1. The highest BCUT2D eigenvalue weighted by Crippen LogP contribution is 2.42. The molecule has 1 N–H and O–H groups in total. The maximum atomic E-state index is 13.4. The molecule has 154 valence electrons. The molecule has 2 aliphatic rings. The number of fused-ring (bicyclic) bond motifs is 3. The number of pyridine rings is 1. The van der Waals surface area contributed by atoms with Crippen LogP contribution in [-0.4, -0.2) is 22.6 Å². The lowest BCUT2D eigenvalue weighted by Gasteiger charge is -2.25. The van der Waals surface area contributed by atoms with Gasteiger partial charge in [0.1, 0.15) is 0 Å². The lowest BCUT2D eigenvalue weighted by molar-refractivity contribution is 0.0682. The number of furan rings is 1. The Labute approximate surface area is 184 Å². The molecule has 0 saturated carbocycles. The Hall–Kier alpha value is -3.52. The number of nitrogens with zero attached hydrogens (tertiary/aromatic N) is 1. The first kappa shape index (κ1) is 18.3. The zero-order chi connectivity index (χ0) is 21.1. The minimum atomic E-state index is -0.502. The Morgan fingerprint density at radius 3 is 2.74 bits per heavy atom. The van der Waals surface area contributed by atoms with Crippen molar-refractivity contribution < 1.29 is 18.7 Å². The number of carbonyl (C=O) groups excluding carboxylic acids is 1. The van der Waals surface area contributed by atoms with Crippen molar-refractivity contribution in [1.82, 2.24) is 9.88 Å². The van der Waals surface area contributed by atoms with Gasteiger partial charge in [-0.1, -0.05) is 18.2 Å². The molecule has 7 nitrogen and oxygen atoms in total. The zero-order valence-electron chi connectivity index (χ0n) is 16.1. The number of aromatic amines is 1. The third kappa shape index (κ3) is 2.79. The van der Waals surface area contributed by atoms with Crippen LogP contribution in [0.1, 0.15) is 33.4 Å². The van der Waals surface area contributed by atoms with Gasteiger partial charge in [0, 0.05) is 16.5 Å². The van der Waals surface area contributed by atoms with Crippen LogP contribution in [0, 0.1) is 0 Å². The number of amides is 1. The second kappa shape index (κ2) is 6.75. The van der Waals surface area contributed by atoms with Crippen LogP contribution >= 0.6 is 15.9 Å². The maximum absolute atomic E-state index is 13.4. The molecule has 2 aromatic carbocycles. The number of H-pyrrole nitrogens is 1. The van der Waals surface area contributed by atoms with Crippen LogP contribution in [0.25, 0.3) is 10.9 Å². The minimum absolute atomic E-state index is 0.0778. The summed E-state index contributed by atoms with van der Waals surface area (Å²) >= 11 is 3.25. The number of nitrogens with one attached hydrogen (secondary N) is 1. The van der Waals surface area contributed by atoms with Gasteiger partial charge in [-0.05, 0) is 57.9 Å². The third-order valence-electron chi connectivity index (χ3n) is 5.71. The quantitative estimate of drug-likeness (QED) is 0.462. The normalized spacial score (nSPS) is 16.7. The summed E-state index contributed by atoms with van der Waals surface area (Å²) in [5.41, 5.74) is 2.73. The molecule has 1 amide bonds. The summed E-state index contributed by atoms with van der Waals surface area (Å²) in [5, 5.41) is 0.598. The number of benzene rings is 2. The smallest absolute Gasteiger partial charge is 0.290 e. The number of rotatable bonds is 2. The standard InChI is InChI=1S/C23H15BrN2O5/c24-19-8-7-17(31-19)23(28)26-10-14-20(25-15-4-2-1-3-13(15)22(14)27)21(26)12-5-6-16-18(9-12)30-11-29-16/h1-9,21H,10-11H2,(H,25,27). The molecule has 6 rings (SSSR count). The number of halogens is 1. The predicted octanol–water partition coefficient (Wildman–Crippen LogP) is 4.36. The first-order valence-corrected chi connectivity index (χ1v) is 10.5. The zero-order valence-corrected chi connectivity index (χ0v) is 17.6. The van der Waals surface area contributed by atoms with E-state index >= 15 is 0 Å². The summed E-state index contributed by atoms with van der Waals surface area (Å²) in [5.74, 6) is 1.16. The van der Waals surface area contributed by atoms with Gasteiger partial charge in [0.15, 0.2) is 27.4 Å². The van der Waals surface area contributed by atoms with Crippen molar-refractivity contribution in [3.63, 3.8) is 0 Å². The largest absolute Gasteiger partial charge is 0.454 e. The van der Waals surface area contributed by atoms with E-state index in [-0.39, 0.29) is 30.4 Å². The van der Waals surface area contributed by atoms with Crippen LogP contribution in [0.5, 0.6) is 11.5 Å². The number of hydrogen-bond donors (Lipinski definition) is 1. The van der Waals surface area contributed by atoms with Gasteiger partial charge in [-0.15, -0.1) is 0 Å². The molecule has 31 heavy (non-hydrogen) atoms. The highest BCUT2D eigenvalue weighted by atomic mass is 79.9. The first-order chi connectivity index (χ1) is 15.1. The second-order valence-electron chi connectivity index (χ2n) is 7.44. The molecule has 0 saturated heterocycles. The molecule has 1 atom stereocenters. The van der Waals surface area contributed by atoms with E-state index in [0.29, 0.717) is 32.8 Å². The first-order valence-electron chi connectivity index (χ1n) is 9.70. The van der Waals surface area contributed by atoms with Gasteiger partial charge >= 0.3 is 0 Å². The lowest BCUT2D eigenvalue weighted by atomic mass is 10.0. The average molecular weight is 479 g/mol. The second-order valence-corrected chi connectivity index (χ2v) is 8.23. The fourth-order valence-electron chi connectivity index (χ4n) is 4.29. The predicted molar refractivity (Wildman–Crippen MR) is 115 cm³/mol. The Morgan fingerprint density at radius 2 is 1.90 bits per heavy atom. The summed E-state index contributed by atoms with van der Waals surface area (Å²) in [4.78, 5) is 31.7. The van der Waals surface area contributed by atoms with E-state index in [2.05, 4.69) is 20.9 Å². The van der Waals surface area contributed by atoms with E-state index in [1.54, 1.807) is 23.1 Å². The number of aromatic nitrogens is 1. The van der Waals surface area contributed by atoms with E-state index in [4.69, 9.17) is 13.9 Å². The lowest BCUT2D eigenvalue weighted by Crippen LogP contribution is -2.30. The summed E-state index contributed by atoms with van der Waals surface area (Å²) in [6, 6.07) is 15.7. The van der Waals surface area contributed by atoms with Crippen molar-refractivity contribution in [3.05, 3.63) is 92.1 Å². The van der Waals surface area contributed by atoms with E-state index in [1.807, 2.05) is 36.4 Å². The van der Waals surface area contributed by atoms with E-state index in [0.717, 1.165) is 11.1 Å². The van der Waals surface area contributed by atoms with Crippen molar-refractivity contribution in [2.24, 2.45) is 0 Å². The minimum Gasteiger partial charge on any atom is -0.454 e. The Morgan fingerprint density at radius 1 is 1.06 bits per heavy atom. The average Bonchev–Trinajstić information content (AvgIpc) is 3.51. The molecule has 0 radical (unpaired) electrons. The topological polar surface area (TPSA) is 84.8 Å².